The molecule has 1 aromatic carbocycles. The maximum atomic E-state index is 13.0. The zero-order chi connectivity index (χ0) is 16.2. The normalized spacial score (nSPS) is 25.0. The van der Waals surface area contributed by atoms with Gasteiger partial charge in [0.05, 0.1) is 22.4 Å². The van der Waals surface area contributed by atoms with E-state index in [-0.39, 0.29) is 17.4 Å². The Bertz CT molecular complexity index is 752. The number of ether oxygens (including phenoxy) is 2. The number of β-amino-alcohol motifs (C(OH)–C–C–N with tert-alkyl or cyclic N) is 1. The molecule has 2 aliphatic rings. The molecule has 4 rings (SSSR count). The van der Waals surface area contributed by atoms with E-state index >= 15 is 0 Å². The molecule has 2 unspecified atom stereocenters. The highest BCUT2D eigenvalue weighted by molar-refractivity contribution is 7.22. The standard InChI is InChI=1S/C13H11F2N3O4S/c14-13(15)21-8-2-6-10(3-9(8)22-13)23-12(17-6)18-11(20)7-1-5(19)4-16-7/h2-3,5,7,16,19H,1,4H2,(H,17,18,20). The van der Waals surface area contributed by atoms with E-state index < -0.39 is 18.4 Å². The summed E-state index contributed by atoms with van der Waals surface area (Å²) in [6, 6.07) is 2.26. The molecule has 1 amide bonds. The Morgan fingerprint density at radius 2 is 2.17 bits per heavy atom. The van der Waals surface area contributed by atoms with Crippen LogP contribution in [-0.4, -0.2) is 41.0 Å². The molecule has 1 saturated heterocycles. The first-order chi connectivity index (χ1) is 10.9. The summed E-state index contributed by atoms with van der Waals surface area (Å²) in [7, 11) is 0. The zero-order valence-corrected chi connectivity index (χ0v) is 12.3. The number of aliphatic hydroxyl groups excluding tert-OH is 1. The SMILES string of the molecule is O=C(Nc1nc2cc3c(cc2s1)OC(F)(F)O3)C1CC(O)CN1. The van der Waals surface area contributed by atoms with Crippen LogP contribution in [-0.2, 0) is 4.79 Å². The van der Waals surface area contributed by atoms with Crippen molar-refractivity contribution in [3.05, 3.63) is 12.1 Å². The number of nitrogens with one attached hydrogen (secondary N) is 2. The molecule has 2 atom stereocenters. The third kappa shape index (κ3) is 2.69. The van der Waals surface area contributed by atoms with Crippen LogP contribution in [0.25, 0.3) is 10.2 Å². The van der Waals surface area contributed by atoms with Gasteiger partial charge in [0.25, 0.3) is 0 Å². The van der Waals surface area contributed by atoms with Crippen molar-refractivity contribution >= 4 is 32.6 Å². The predicted molar refractivity (Wildman–Crippen MR) is 76.9 cm³/mol. The number of hydrogen-bond donors (Lipinski definition) is 3. The number of benzene rings is 1. The van der Waals surface area contributed by atoms with Crippen molar-refractivity contribution in [3.63, 3.8) is 0 Å². The van der Waals surface area contributed by atoms with Crippen LogP contribution < -0.4 is 20.1 Å². The van der Waals surface area contributed by atoms with E-state index in [4.69, 9.17) is 0 Å². The van der Waals surface area contributed by atoms with Gasteiger partial charge in [-0.3, -0.25) is 4.79 Å². The number of amides is 1. The smallest absolute Gasteiger partial charge is 0.395 e. The number of alkyl halides is 2. The van der Waals surface area contributed by atoms with Crippen molar-refractivity contribution in [1.82, 2.24) is 10.3 Å². The molecule has 1 aromatic heterocycles. The summed E-state index contributed by atoms with van der Waals surface area (Å²) in [6.45, 7) is 0.369. The lowest BCUT2D eigenvalue weighted by molar-refractivity contribution is -0.286. The molecule has 122 valence electrons. The minimum Gasteiger partial charge on any atom is -0.395 e. The van der Waals surface area contributed by atoms with E-state index in [1.807, 2.05) is 0 Å². The lowest BCUT2D eigenvalue weighted by Crippen LogP contribution is -2.35. The third-order valence-corrected chi connectivity index (χ3v) is 4.50. The van der Waals surface area contributed by atoms with Crippen molar-refractivity contribution in [2.75, 3.05) is 11.9 Å². The largest absolute Gasteiger partial charge is 0.586 e. The first-order valence-electron chi connectivity index (χ1n) is 6.82. The maximum absolute atomic E-state index is 13.0. The quantitative estimate of drug-likeness (QED) is 0.761. The molecule has 2 aromatic rings. The van der Waals surface area contributed by atoms with E-state index in [9.17, 15) is 18.7 Å². The first-order valence-corrected chi connectivity index (χ1v) is 7.64. The van der Waals surface area contributed by atoms with Gasteiger partial charge in [-0.2, -0.15) is 0 Å². The molecular formula is C13H11F2N3O4S. The molecule has 0 saturated carbocycles. The lowest BCUT2D eigenvalue weighted by Gasteiger charge is -2.08. The molecule has 23 heavy (non-hydrogen) atoms. The average Bonchev–Trinajstić information content (AvgIpc) is 3.10. The van der Waals surface area contributed by atoms with Crippen molar-refractivity contribution in [3.8, 4) is 11.5 Å². The van der Waals surface area contributed by atoms with Gasteiger partial charge in [0.15, 0.2) is 16.6 Å². The fourth-order valence-corrected chi connectivity index (χ4v) is 3.41. The van der Waals surface area contributed by atoms with Gasteiger partial charge in [-0.25, -0.2) is 4.98 Å². The van der Waals surface area contributed by atoms with Gasteiger partial charge in [0, 0.05) is 18.7 Å². The number of rotatable bonds is 2. The summed E-state index contributed by atoms with van der Waals surface area (Å²) in [4.78, 5) is 16.2. The molecule has 1 fully saturated rings. The second kappa shape index (κ2) is 4.98. The summed E-state index contributed by atoms with van der Waals surface area (Å²) in [5, 5.41) is 15.3. The Morgan fingerprint density at radius 3 is 2.87 bits per heavy atom. The van der Waals surface area contributed by atoms with Gasteiger partial charge >= 0.3 is 6.29 Å². The second-order valence-electron chi connectivity index (χ2n) is 5.29. The van der Waals surface area contributed by atoms with Gasteiger partial charge < -0.3 is 25.2 Å². The number of aromatic nitrogens is 1. The van der Waals surface area contributed by atoms with Crippen LogP contribution in [0.1, 0.15) is 6.42 Å². The number of anilines is 1. The molecule has 0 bridgehead atoms. The van der Waals surface area contributed by atoms with Crippen molar-refractivity contribution in [2.24, 2.45) is 0 Å². The summed E-state index contributed by atoms with van der Waals surface area (Å²) in [5.74, 6) is -0.456. The number of thiazole rings is 1. The predicted octanol–water partition coefficient (Wildman–Crippen LogP) is 1.28. The molecule has 3 N–H and O–H groups in total. The molecule has 0 spiro atoms. The number of aliphatic hydroxyl groups is 1. The van der Waals surface area contributed by atoms with E-state index in [1.54, 1.807) is 0 Å². The van der Waals surface area contributed by atoms with Crippen LogP contribution in [0, 0.1) is 0 Å². The topological polar surface area (TPSA) is 92.7 Å². The van der Waals surface area contributed by atoms with E-state index in [1.165, 1.54) is 12.1 Å². The van der Waals surface area contributed by atoms with Crippen LogP contribution in [0.5, 0.6) is 11.5 Å². The number of carbonyl (C=O) groups is 1. The molecular weight excluding hydrogens is 332 g/mol. The Morgan fingerprint density at radius 1 is 1.43 bits per heavy atom. The van der Waals surface area contributed by atoms with Crippen LogP contribution in [0.2, 0.25) is 0 Å². The van der Waals surface area contributed by atoms with Gasteiger partial charge in [-0.1, -0.05) is 11.3 Å². The number of hydrogen-bond acceptors (Lipinski definition) is 7. The highest BCUT2D eigenvalue weighted by Gasteiger charge is 2.43. The fourth-order valence-electron chi connectivity index (χ4n) is 2.54. The minimum atomic E-state index is -3.67. The van der Waals surface area contributed by atoms with Gasteiger partial charge in [0.1, 0.15) is 0 Å². The summed E-state index contributed by atoms with van der Waals surface area (Å²) in [5.41, 5.74) is 0.421. The zero-order valence-electron chi connectivity index (χ0n) is 11.5. The fraction of sp³-hybridized carbons (Fsp3) is 0.385. The summed E-state index contributed by atoms with van der Waals surface area (Å²) >= 11 is 1.14. The van der Waals surface area contributed by atoms with Crippen LogP contribution in [0.15, 0.2) is 12.1 Å². The Balaban J connectivity index is 1.55. The highest BCUT2D eigenvalue weighted by Crippen LogP contribution is 2.44. The van der Waals surface area contributed by atoms with Gasteiger partial charge in [-0.15, -0.1) is 8.78 Å². The van der Waals surface area contributed by atoms with Crippen molar-refractivity contribution in [2.45, 2.75) is 24.9 Å². The van der Waals surface area contributed by atoms with Crippen molar-refractivity contribution in [1.29, 1.82) is 0 Å². The monoisotopic (exact) mass is 343 g/mol. The number of carbonyl (C=O) groups excluding carboxylic acids is 1. The van der Waals surface area contributed by atoms with Gasteiger partial charge in [0.2, 0.25) is 5.91 Å². The van der Waals surface area contributed by atoms with E-state index in [0.29, 0.717) is 28.3 Å². The number of nitrogens with zero attached hydrogens (tertiary/aromatic N) is 1. The molecule has 0 aliphatic carbocycles. The molecule has 3 heterocycles. The summed E-state index contributed by atoms with van der Waals surface area (Å²) < 4.78 is 35.3. The van der Waals surface area contributed by atoms with Crippen molar-refractivity contribution < 1.29 is 28.2 Å². The maximum Gasteiger partial charge on any atom is 0.586 e. The third-order valence-electron chi connectivity index (χ3n) is 3.57. The van der Waals surface area contributed by atoms with Crippen LogP contribution in [0.3, 0.4) is 0 Å². The highest BCUT2D eigenvalue weighted by atomic mass is 32.1. The molecule has 0 radical (unpaired) electrons. The van der Waals surface area contributed by atoms with Gasteiger partial charge in [-0.05, 0) is 6.42 Å². The van der Waals surface area contributed by atoms with Crippen LogP contribution >= 0.6 is 11.3 Å². The minimum absolute atomic E-state index is 0.0652. The average molecular weight is 343 g/mol. The molecule has 2 aliphatic heterocycles. The Kier molecular flexibility index (Phi) is 3.15. The Hall–Kier alpha value is -2.04. The lowest BCUT2D eigenvalue weighted by atomic mass is 10.2. The van der Waals surface area contributed by atoms with E-state index in [2.05, 4.69) is 25.1 Å². The van der Waals surface area contributed by atoms with Crippen LogP contribution in [0.4, 0.5) is 13.9 Å². The Labute approximate surface area is 132 Å². The summed E-state index contributed by atoms with van der Waals surface area (Å²) in [6.07, 6.45) is -3.88. The first kappa shape index (κ1) is 14.5. The van der Waals surface area contributed by atoms with E-state index in [0.717, 1.165) is 11.3 Å². The number of halogens is 2. The molecule has 10 heteroatoms. The molecule has 7 nitrogen and oxygen atoms in total. The number of fused-ring (bicyclic) bond motifs is 2. The second-order valence-corrected chi connectivity index (χ2v) is 6.32.